The Bertz CT molecular complexity index is 1090. The molecule has 0 heterocycles. The minimum absolute atomic E-state index is 0.0248. The monoisotopic (exact) mass is 440 g/mol. The van der Waals surface area contributed by atoms with Crippen LogP contribution in [0.5, 0.6) is 5.75 Å². The quantitative estimate of drug-likeness (QED) is 0.527. The van der Waals surface area contributed by atoms with E-state index in [9.17, 15) is 8.42 Å². The van der Waals surface area contributed by atoms with Crippen LogP contribution < -0.4 is 9.57 Å². The number of rotatable bonds is 5. The van der Waals surface area contributed by atoms with Crippen LogP contribution in [0, 0.1) is 18.3 Å². The molecule has 2 aliphatic carbocycles. The van der Waals surface area contributed by atoms with Gasteiger partial charge in [-0.25, -0.2) is 4.83 Å². The molecule has 0 spiro atoms. The van der Waals surface area contributed by atoms with Crippen molar-refractivity contribution >= 4 is 16.2 Å². The van der Waals surface area contributed by atoms with Crippen LogP contribution in [0.4, 0.5) is 0 Å². The molecule has 0 aromatic heterocycles. The summed E-state index contributed by atoms with van der Waals surface area (Å²) in [4.78, 5) is 2.66. The van der Waals surface area contributed by atoms with Crippen LogP contribution in [0.1, 0.15) is 56.2 Å². The summed E-state index contributed by atoms with van der Waals surface area (Å²) in [6.45, 7) is 6.52. The predicted octanol–water partition coefficient (Wildman–Crippen LogP) is 4.98. The molecule has 2 aliphatic rings. The largest absolute Gasteiger partial charge is 0.497 e. The van der Waals surface area contributed by atoms with Crippen molar-refractivity contribution in [3.8, 4) is 5.75 Å². The van der Waals surface area contributed by atoms with Crippen LogP contribution in [0.3, 0.4) is 0 Å². The Hall–Kier alpha value is -2.34. The zero-order valence-corrected chi connectivity index (χ0v) is 19.6. The third-order valence-electron chi connectivity index (χ3n) is 7.48. The molecule has 1 fully saturated rings. The number of hydrogen-bond donors (Lipinski definition) is 1. The average molecular weight is 441 g/mol. The fraction of sp³-hybridized carbons (Fsp3) is 0.480. The molecule has 31 heavy (non-hydrogen) atoms. The minimum Gasteiger partial charge on any atom is -0.497 e. The molecule has 5 nitrogen and oxygen atoms in total. The lowest BCUT2D eigenvalue weighted by atomic mass is 9.50. The molecule has 0 aliphatic heterocycles. The number of hydrogen-bond acceptors (Lipinski definition) is 4. The molecule has 0 bridgehead atoms. The molecule has 2 aromatic carbocycles. The Kier molecular flexibility index (Phi) is 5.63. The third-order valence-corrected chi connectivity index (χ3v) is 8.71. The van der Waals surface area contributed by atoms with Gasteiger partial charge in [-0.2, -0.15) is 13.5 Å². The van der Waals surface area contributed by atoms with Crippen molar-refractivity contribution in [1.29, 1.82) is 0 Å². The van der Waals surface area contributed by atoms with Gasteiger partial charge in [0, 0.05) is 11.6 Å². The van der Waals surface area contributed by atoms with E-state index in [1.807, 2.05) is 19.2 Å². The first-order valence-electron chi connectivity index (χ1n) is 11.0. The molecule has 6 heteroatoms. The Morgan fingerprint density at radius 2 is 1.87 bits per heavy atom. The molecule has 1 N–H and O–H groups in total. The number of nitrogens with zero attached hydrogens (tertiary/aromatic N) is 1. The fourth-order valence-corrected chi connectivity index (χ4v) is 6.57. The Labute approximate surface area is 186 Å². The molecular weight excluding hydrogens is 408 g/mol. The summed E-state index contributed by atoms with van der Waals surface area (Å²) >= 11 is 0. The first kappa shape index (κ1) is 21.9. The summed E-state index contributed by atoms with van der Waals surface area (Å²) in [6, 6.07) is 13.2. The molecule has 166 valence electrons. The summed E-state index contributed by atoms with van der Waals surface area (Å²) in [5.41, 5.74) is 3.65. The van der Waals surface area contributed by atoms with Gasteiger partial charge in [0.15, 0.2) is 0 Å². The number of fused-ring (bicyclic) bond motifs is 3. The molecule has 1 saturated carbocycles. The fourth-order valence-electron chi connectivity index (χ4n) is 5.78. The van der Waals surface area contributed by atoms with Gasteiger partial charge >= 0.3 is 0 Å². The van der Waals surface area contributed by atoms with E-state index >= 15 is 0 Å². The van der Waals surface area contributed by atoms with E-state index in [1.165, 1.54) is 11.1 Å². The second-order valence-corrected chi connectivity index (χ2v) is 11.2. The standard InChI is InChI=1S/C25H32N2O3S/c1-18-6-11-21(12-7-18)31(28,29)27-26-17-24(2)14-5-15-25(3)22-16-20(30-4)10-8-19(22)9-13-23(24)25/h6-8,10-12,16-17,23,27H,5,9,13-15H2,1-4H3/b26-17+/t23-,24+,25+/m0/s1. The van der Waals surface area contributed by atoms with Crippen molar-refractivity contribution in [2.75, 3.05) is 7.11 Å². The van der Waals surface area contributed by atoms with E-state index in [-0.39, 0.29) is 15.7 Å². The molecule has 3 atom stereocenters. The summed E-state index contributed by atoms with van der Waals surface area (Å²) < 4.78 is 30.8. The summed E-state index contributed by atoms with van der Waals surface area (Å²) in [5.74, 6) is 1.29. The van der Waals surface area contributed by atoms with Crippen LogP contribution in [0.2, 0.25) is 0 Å². The van der Waals surface area contributed by atoms with Crippen molar-refractivity contribution in [2.45, 2.75) is 63.2 Å². The lowest BCUT2D eigenvalue weighted by Gasteiger charge is -2.54. The van der Waals surface area contributed by atoms with Crippen molar-refractivity contribution in [3.63, 3.8) is 0 Å². The van der Waals surface area contributed by atoms with Gasteiger partial charge in [-0.1, -0.05) is 44.0 Å². The first-order chi connectivity index (χ1) is 14.7. The number of hydrazone groups is 1. The van der Waals surface area contributed by atoms with Gasteiger partial charge in [0.05, 0.1) is 12.0 Å². The normalized spacial score (nSPS) is 28.1. The van der Waals surface area contributed by atoms with Crippen LogP contribution in [-0.4, -0.2) is 21.7 Å². The van der Waals surface area contributed by atoms with Crippen LogP contribution in [0.25, 0.3) is 0 Å². The number of benzene rings is 2. The first-order valence-corrected chi connectivity index (χ1v) is 12.5. The Balaban J connectivity index is 1.59. The van der Waals surface area contributed by atoms with Gasteiger partial charge in [-0.15, -0.1) is 0 Å². The summed E-state index contributed by atoms with van der Waals surface area (Å²) in [5, 5.41) is 4.26. The highest BCUT2D eigenvalue weighted by atomic mass is 32.2. The molecule has 4 rings (SSSR count). The van der Waals surface area contributed by atoms with Crippen molar-refractivity contribution in [2.24, 2.45) is 16.4 Å². The van der Waals surface area contributed by atoms with Gasteiger partial charge in [-0.05, 0) is 79.3 Å². The van der Waals surface area contributed by atoms with Gasteiger partial charge < -0.3 is 4.74 Å². The van der Waals surface area contributed by atoms with Gasteiger partial charge in [0.25, 0.3) is 10.0 Å². The maximum atomic E-state index is 12.6. The maximum absolute atomic E-state index is 12.6. The average Bonchev–Trinajstić information content (AvgIpc) is 2.73. The summed E-state index contributed by atoms with van der Waals surface area (Å²) in [7, 11) is -1.96. The van der Waals surface area contributed by atoms with Gasteiger partial charge in [0.2, 0.25) is 0 Å². The topological polar surface area (TPSA) is 67.8 Å². The van der Waals surface area contributed by atoms with E-state index in [2.05, 4.69) is 35.9 Å². The van der Waals surface area contributed by atoms with Crippen molar-refractivity contribution in [3.05, 3.63) is 59.2 Å². The lowest BCUT2D eigenvalue weighted by Crippen LogP contribution is -2.50. The van der Waals surface area contributed by atoms with Gasteiger partial charge in [0.1, 0.15) is 5.75 Å². The van der Waals surface area contributed by atoms with E-state index in [0.29, 0.717) is 5.92 Å². The molecule has 0 amide bonds. The SMILES string of the molecule is COc1ccc2c(c1)[C@@]1(C)CCC[C@](C)(/C=N/NS(=O)(=O)c3ccc(C)cc3)[C@@H]1CC2. The molecule has 2 aromatic rings. The van der Waals surface area contributed by atoms with Crippen LogP contribution >= 0.6 is 0 Å². The highest BCUT2D eigenvalue weighted by Gasteiger charge is 2.51. The van der Waals surface area contributed by atoms with E-state index in [1.54, 1.807) is 31.4 Å². The number of ether oxygens (including phenoxy) is 1. The number of aryl methyl sites for hydroxylation is 2. The summed E-state index contributed by atoms with van der Waals surface area (Å²) in [6.07, 6.45) is 7.16. The van der Waals surface area contributed by atoms with Crippen LogP contribution in [0.15, 0.2) is 52.5 Å². The smallest absolute Gasteiger partial charge is 0.276 e. The second kappa shape index (κ2) is 7.97. The maximum Gasteiger partial charge on any atom is 0.276 e. The number of sulfonamides is 1. The number of methoxy groups -OCH3 is 1. The van der Waals surface area contributed by atoms with Crippen molar-refractivity contribution in [1.82, 2.24) is 4.83 Å². The van der Waals surface area contributed by atoms with Crippen LogP contribution in [-0.2, 0) is 21.9 Å². The highest BCUT2D eigenvalue weighted by Crippen LogP contribution is 2.56. The molecular formula is C25H32N2O3S. The van der Waals surface area contributed by atoms with E-state index < -0.39 is 10.0 Å². The number of nitrogens with one attached hydrogen (secondary N) is 1. The van der Waals surface area contributed by atoms with E-state index in [4.69, 9.17) is 4.74 Å². The Morgan fingerprint density at radius 3 is 2.58 bits per heavy atom. The lowest BCUT2D eigenvalue weighted by molar-refractivity contribution is 0.0807. The zero-order valence-electron chi connectivity index (χ0n) is 18.8. The van der Waals surface area contributed by atoms with Gasteiger partial charge in [-0.3, -0.25) is 0 Å². The second-order valence-electron chi connectivity index (χ2n) is 9.56. The third kappa shape index (κ3) is 3.98. The Morgan fingerprint density at radius 1 is 1.13 bits per heavy atom. The molecule has 0 radical (unpaired) electrons. The van der Waals surface area contributed by atoms with E-state index in [0.717, 1.165) is 43.4 Å². The van der Waals surface area contributed by atoms with Crippen molar-refractivity contribution < 1.29 is 13.2 Å². The molecule has 0 saturated heterocycles. The minimum atomic E-state index is -3.67. The zero-order chi connectivity index (χ0) is 22.3. The molecule has 0 unspecified atom stereocenters. The predicted molar refractivity (Wildman–Crippen MR) is 124 cm³/mol. The highest BCUT2D eigenvalue weighted by molar-refractivity contribution is 7.89.